The van der Waals surface area contributed by atoms with Crippen molar-refractivity contribution in [3.8, 4) is 17.2 Å². The van der Waals surface area contributed by atoms with E-state index in [2.05, 4.69) is 9.55 Å². The summed E-state index contributed by atoms with van der Waals surface area (Å²) in [6.45, 7) is 0.544. The van der Waals surface area contributed by atoms with Gasteiger partial charge < -0.3 is 18.8 Å². The number of aldehydes is 1. The Labute approximate surface area is 121 Å². The second-order valence-corrected chi connectivity index (χ2v) is 5.17. The molecule has 0 saturated heterocycles. The van der Waals surface area contributed by atoms with Gasteiger partial charge in [-0.3, -0.25) is 4.79 Å². The Bertz CT molecular complexity index is 691. The van der Waals surface area contributed by atoms with E-state index in [9.17, 15) is 4.79 Å². The predicted molar refractivity (Wildman–Crippen MR) is 72.8 cm³/mol. The van der Waals surface area contributed by atoms with E-state index in [0.29, 0.717) is 35.5 Å². The molecule has 6 heteroatoms. The van der Waals surface area contributed by atoms with Crippen LogP contribution >= 0.6 is 0 Å². The van der Waals surface area contributed by atoms with Crippen LogP contribution in [0.3, 0.4) is 0 Å². The van der Waals surface area contributed by atoms with Crippen LogP contribution in [0, 0.1) is 0 Å². The lowest BCUT2D eigenvalue weighted by atomic mass is 10.2. The maximum Gasteiger partial charge on any atom is 0.231 e. The number of rotatable bonds is 5. The van der Waals surface area contributed by atoms with Crippen molar-refractivity contribution in [1.82, 2.24) is 9.55 Å². The third kappa shape index (κ3) is 2.22. The first kappa shape index (κ1) is 12.3. The summed E-state index contributed by atoms with van der Waals surface area (Å²) < 4.78 is 18.5. The van der Waals surface area contributed by atoms with Crippen LogP contribution in [0.2, 0.25) is 0 Å². The third-order valence-electron chi connectivity index (χ3n) is 3.69. The quantitative estimate of drug-likeness (QED) is 0.789. The zero-order chi connectivity index (χ0) is 14.2. The van der Waals surface area contributed by atoms with Gasteiger partial charge in [-0.2, -0.15) is 0 Å². The van der Waals surface area contributed by atoms with Gasteiger partial charge in [0.05, 0.1) is 23.8 Å². The predicted octanol–water partition coefficient (Wildman–Crippen LogP) is 2.34. The highest BCUT2D eigenvalue weighted by Crippen LogP contribution is 2.38. The van der Waals surface area contributed by atoms with E-state index in [1.807, 2.05) is 6.33 Å². The van der Waals surface area contributed by atoms with Crippen molar-refractivity contribution >= 4 is 6.29 Å². The molecular weight excluding hydrogens is 272 g/mol. The highest BCUT2D eigenvalue weighted by molar-refractivity contribution is 5.81. The fourth-order valence-corrected chi connectivity index (χ4v) is 2.43. The molecule has 0 radical (unpaired) electrons. The molecule has 0 bridgehead atoms. The molecule has 1 aromatic carbocycles. The minimum Gasteiger partial charge on any atom is -0.486 e. The molecular formula is C15H14N2O4. The topological polar surface area (TPSA) is 62.6 Å². The summed E-state index contributed by atoms with van der Waals surface area (Å²) in [5.74, 6) is 1.68. The fraction of sp³-hybridized carbons (Fsp3) is 0.333. The molecule has 2 heterocycles. The van der Waals surface area contributed by atoms with Crippen molar-refractivity contribution in [3.63, 3.8) is 0 Å². The Morgan fingerprint density at radius 3 is 2.90 bits per heavy atom. The highest BCUT2D eigenvalue weighted by atomic mass is 16.7. The van der Waals surface area contributed by atoms with Crippen LogP contribution in [0.4, 0.5) is 0 Å². The molecule has 0 N–H and O–H groups in total. The summed E-state index contributed by atoms with van der Waals surface area (Å²) in [5.41, 5.74) is 1.46. The summed E-state index contributed by atoms with van der Waals surface area (Å²) in [6, 6.07) is 3.89. The number of nitrogens with zero attached hydrogens (tertiary/aromatic N) is 2. The van der Waals surface area contributed by atoms with Gasteiger partial charge in [0.15, 0.2) is 17.8 Å². The molecule has 2 aromatic rings. The average Bonchev–Trinajstić information content (AvgIpc) is 3.07. The molecule has 1 aliphatic carbocycles. The molecule has 1 aliphatic heterocycles. The Balaban J connectivity index is 1.56. The van der Waals surface area contributed by atoms with Gasteiger partial charge in [0, 0.05) is 12.1 Å². The van der Waals surface area contributed by atoms with Gasteiger partial charge in [-0.15, -0.1) is 0 Å². The maximum absolute atomic E-state index is 11.2. The standard InChI is InChI=1S/C15H14N2O4/c18-6-10-3-14-15(21-9-20-14)4-13(10)19-7-12-5-16-8-17(12)11-1-2-11/h3-6,8,11H,1-2,7,9H2. The van der Waals surface area contributed by atoms with Crippen LogP contribution in [0.25, 0.3) is 0 Å². The summed E-state index contributed by atoms with van der Waals surface area (Å²) in [6.07, 6.45) is 6.76. The minimum atomic E-state index is 0.172. The van der Waals surface area contributed by atoms with Gasteiger partial charge in [-0.05, 0) is 18.9 Å². The monoisotopic (exact) mass is 286 g/mol. The van der Waals surface area contributed by atoms with Crippen LogP contribution in [0.15, 0.2) is 24.7 Å². The number of imidazole rings is 1. The SMILES string of the molecule is O=Cc1cc2c(cc1OCc1cncn1C1CC1)OCO2. The second kappa shape index (κ2) is 4.80. The second-order valence-electron chi connectivity index (χ2n) is 5.17. The van der Waals surface area contributed by atoms with Gasteiger partial charge in [0.1, 0.15) is 12.4 Å². The van der Waals surface area contributed by atoms with Gasteiger partial charge >= 0.3 is 0 Å². The Morgan fingerprint density at radius 2 is 2.14 bits per heavy atom. The molecule has 0 unspecified atom stereocenters. The smallest absolute Gasteiger partial charge is 0.231 e. The Kier molecular flexibility index (Phi) is 2.80. The number of benzene rings is 1. The maximum atomic E-state index is 11.2. The van der Waals surface area contributed by atoms with Gasteiger partial charge in [0.25, 0.3) is 0 Å². The number of fused-ring (bicyclic) bond motifs is 1. The van der Waals surface area contributed by atoms with E-state index in [1.54, 1.807) is 18.3 Å². The number of carbonyl (C=O) groups is 1. The first-order valence-corrected chi connectivity index (χ1v) is 6.87. The van der Waals surface area contributed by atoms with Gasteiger partial charge in [-0.1, -0.05) is 0 Å². The molecule has 6 nitrogen and oxygen atoms in total. The fourth-order valence-electron chi connectivity index (χ4n) is 2.43. The van der Waals surface area contributed by atoms with Crippen molar-refractivity contribution in [2.45, 2.75) is 25.5 Å². The highest BCUT2D eigenvalue weighted by Gasteiger charge is 2.25. The van der Waals surface area contributed by atoms with E-state index < -0.39 is 0 Å². The summed E-state index contributed by atoms with van der Waals surface area (Å²) in [7, 11) is 0. The van der Waals surface area contributed by atoms with E-state index in [1.165, 1.54) is 12.8 Å². The largest absolute Gasteiger partial charge is 0.486 e. The number of ether oxygens (including phenoxy) is 3. The first-order chi connectivity index (χ1) is 10.3. The molecule has 0 atom stereocenters. The van der Waals surface area contributed by atoms with Crippen LogP contribution in [0.5, 0.6) is 17.2 Å². The van der Waals surface area contributed by atoms with E-state index in [4.69, 9.17) is 14.2 Å². The molecule has 2 aliphatic rings. The molecule has 1 aromatic heterocycles. The molecule has 1 fully saturated rings. The van der Waals surface area contributed by atoms with E-state index >= 15 is 0 Å². The lowest BCUT2D eigenvalue weighted by Crippen LogP contribution is -2.04. The van der Waals surface area contributed by atoms with Crippen molar-refractivity contribution in [3.05, 3.63) is 35.9 Å². The molecule has 1 saturated carbocycles. The molecule has 108 valence electrons. The van der Waals surface area contributed by atoms with Crippen LogP contribution in [0.1, 0.15) is 34.9 Å². The van der Waals surface area contributed by atoms with Crippen molar-refractivity contribution in [2.24, 2.45) is 0 Å². The van der Waals surface area contributed by atoms with Gasteiger partial charge in [0.2, 0.25) is 6.79 Å². The molecule has 0 spiro atoms. The average molecular weight is 286 g/mol. The minimum absolute atomic E-state index is 0.172. The van der Waals surface area contributed by atoms with Crippen molar-refractivity contribution in [1.29, 1.82) is 0 Å². The number of aromatic nitrogens is 2. The van der Waals surface area contributed by atoms with E-state index in [-0.39, 0.29) is 6.79 Å². The zero-order valence-corrected chi connectivity index (χ0v) is 11.3. The van der Waals surface area contributed by atoms with Crippen molar-refractivity contribution < 1.29 is 19.0 Å². The lowest BCUT2D eigenvalue weighted by molar-refractivity contribution is 0.111. The lowest BCUT2D eigenvalue weighted by Gasteiger charge is -2.11. The zero-order valence-electron chi connectivity index (χ0n) is 11.3. The molecule has 4 rings (SSSR count). The number of hydrogen-bond donors (Lipinski definition) is 0. The summed E-state index contributed by atoms with van der Waals surface area (Å²) >= 11 is 0. The Morgan fingerprint density at radius 1 is 1.33 bits per heavy atom. The van der Waals surface area contributed by atoms with Crippen LogP contribution in [-0.4, -0.2) is 22.6 Å². The van der Waals surface area contributed by atoms with Gasteiger partial charge in [-0.25, -0.2) is 4.98 Å². The number of hydrogen-bond acceptors (Lipinski definition) is 5. The first-order valence-electron chi connectivity index (χ1n) is 6.87. The molecule has 0 amide bonds. The van der Waals surface area contributed by atoms with E-state index in [0.717, 1.165) is 12.0 Å². The number of carbonyl (C=O) groups excluding carboxylic acids is 1. The molecule has 21 heavy (non-hydrogen) atoms. The van der Waals surface area contributed by atoms with Crippen molar-refractivity contribution in [2.75, 3.05) is 6.79 Å². The van der Waals surface area contributed by atoms with Crippen LogP contribution < -0.4 is 14.2 Å². The third-order valence-corrected chi connectivity index (χ3v) is 3.69. The van der Waals surface area contributed by atoms with Crippen LogP contribution in [-0.2, 0) is 6.61 Å². The summed E-state index contributed by atoms with van der Waals surface area (Å²) in [5, 5.41) is 0. The normalized spacial score (nSPS) is 16.0. The summed E-state index contributed by atoms with van der Waals surface area (Å²) in [4.78, 5) is 15.3. The Hall–Kier alpha value is -2.50.